The minimum atomic E-state index is -0.376. The van der Waals surface area contributed by atoms with Crippen LogP contribution in [-0.2, 0) is 6.42 Å². The molecule has 0 unspecified atom stereocenters. The van der Waals surface area contributed by atoms with Gasteiger partial charge in [0.05, 0.1) is 10.7 Å². The lowest BCUT2D eigenvalue weighted by Gasteiger charge is -2.15. The number of hydrogen-bond donors (Lipinski definition) is 1. The highest BCUT2D eigenvalue weighted by molar-refractivity contribution is 6.33. The molecule has 3 rings (SSSR count). The van der Waals surface area contributed by atoms with Crippen molar-refractivity contribution in [1.82, 2.24) is 4.98 Å². The summed E-state index contributed by atoms with van der Waals surface area (Å²) >= 11 is 6.29. The molecule has 0 saturated carbocycles. The lowest BCUT2D eigenvalue weighted by atomic mass is 9.95. The van der Waals surface area contributed by atoms with Gasteiger partial charge in [0.15, 0.2) is 0 Å². The molecule has 2 N–H and O–H groups in total. The number of aryl methyl sites for hydroxylation is 1. The van der Waals surface area contributed by atoms with E-state index in [1.54, 1.807) is 18.3 Å². The van der Waals surface area contributed by atoms with Crippen LogP contribution in [0.2, 0.25) is 5.02 Å². The van der Waals surface area contributed by atoms with Crippen molar-refractivity contribution in [2.75, 3.05) is 12.3 Å². The van der Waals surface area contributed by atoms with Crippen LogP contribution in [0.4, 0.5) is 10.1 Å². The first-order valence-corrected chi connectivity index (χ1v) is 8.72. The second-order valence-electron chi connectivity index (χ2n) is 6.10. The Kier molecular flexibility index (Phi) is 5.63. The summed E-state index contributed by atoms with van der Waals surface area (Å²) in [6.45, 7) is 2.16. The molecule has 1 heterocycles. The third-order valence-corrected chi connectivity index (χ3v) is 4.55. The predicted octanol–water partition coefficient (Wildman–Crippen LogP) is 5.03. The van der Waals surface area contributed by atoms with Crippen molar-refractivity contribution in [3.05, 3.63) is 76.3 Å². The first-order chi connectivity index (χ1) is 13.0. The largest absolute Gasteiger partial charge is 0.481 e. The number of pyridine rings is 1. The van der Waals surface area contributed by atoms with Gasteiger partial charge >= 0.3 is 0 Å². The minimum Gasteiger partial charge on any atom is -0.481 e. The van der Waals surface area contributed by atoms with Crippen LogP contribution < -0.4 is 10.5 Å². The van der Waals surface area contributed by atoms with E-state index in [4.69, 9.17) is 28.5 Å². The van der Waals surface area contributed by atoms with Gasteiger partial charge in [-0.25, -0.2) is 4.39 Å². The first-order valence-electron chi connectivity index (χ1n) is 8.34. The number of benzene rings is 2. The summed E-state index contributed by atoms with van der Waals surface area (Å²) in [5.74, 6) is 2.66. The van der Waals surface area contributed by atoms with Crippen molar-refractivity contribution in [2.45, 2.75) is 13.3 Å². The smallest absolute Gasteiger partial charge is 0.148 e. The van der Waals surface area contributed by atoms with E-state index in [2.05, 4.69) is 10.9 Å². The molecule has 136 valence electrons. The van der Waals surface area contributed by atoms with Crippen LogP contribution in [0.25, 0.3) is 11.1 Å². The molecule has 0 saturated heterocycles. The molecule has 0 fully saturated rings. The zero-order valence-electron chi connectivity index (χ0n) is 14.8. The van der Waals surface area contributed by atoms with Gasteiger partial charge in [0.25, 0.3) is 0 Å². The zero-order chi connectivity index (χ0) is 19.4. The van der Waals surface area contributed by atoms with Crippen LogP contribution >= 0.6 is 11.6 Å². The molecule has 0 radical (unpaired) electrons. The average Bonchev–Trinajstić information content (AvgIpc) is 2.63. The van der Waals surface area contributed by atoms with Crippen molar-refractivity contribution in [3.8, 4) is 29.2 Å². The van der Waals surface area contributed by atoms with E-state index < -0.39 is 0 Å². The fourth-order valence-electron chi connectivity index (χ4n) is 2.94. The molecule has 3 nitrogen and oxygen atoms in total. The number of aromatic nitrogens is 1. The number of nitrogens with zero attached hydrogens (tertiary/aromatic N) is 1. The minimum absolute atomic E-state index is 0.186. The monoisotopic (exact) mass is 380 g/mol. The Morgan fingerprint density at radius 1 is 1.22 bits per heavy atom. The lowest BCUT2D eigenvalue weighted by Crippen LogP contribution is -2.02. The summed E-state index contributed by atoms with van der Waals surface area (Å²) in [4.78, 5) is 4.52. The van der Waals surface area contributed by atoms with E-state index in [9.17, 15) is 4.39 Å². The van der Waals surface area contributed by atoms with Gasteiger partial charge in [-0.15, -0.1) is 6.42 Å². The molecule has 27 heavy (non-hydrogen) atoms. The molecule has 0 atom stereocenters. The molecule has 0 bridgehead atoms. The Morgan fingerprint density at radius 2 is 2.04 bits per heavy atom. The fourth-order valence-corrected chi connectivity index (χ4v) is 3.20. The highest BCUT2D eigenvalue weighted by Crippen LogP contribution is 2.34. The quantitative estimate of drug-likeness (QED) is 0.498. The number of terminal acetylenes is 1. The van der Waals surface area contributed by atoms with E-state index in [0.717, 1.165) is 27.9 Å². The van der Waals surface area contributed by atoms with Crippen LogP contribution in [0.3, 0.4) is 0 Å². The number of rotatable bonds is 5. The van der Waals surface area contributed by atoms with Gasteiger partial charge in [0.1, 0.15) is 18.2 Å². The molecule has 0 amide bonds. The molecular weight excluding hydrogens is 363 g/mol. The van der Waals surface area contributed by atoms with Crippen LogP contribution in [-0.4, -0.2) is 11.6 Å². The number of hydrogen-bond acceptors (Lipinski definition) is 3. The van der Waals surface area contributed by atoms with Crippen LogP contribution in [0, 0.1) is 25.1 Å². The van der Waals surface area contributed by atoms with E-state index >= 15 is 0 Å². The van der Waals surface area contributed by atoms with Gasteiger partial charge in [0, 0.05) is 35.5 Å². The summed E-state index contributed by atoms with van der Waals surface area (Å²) in [7, 11) is 0. The molecule has 0 aliphatic rings. The molecule has 0 aliphatic heterocycles. The fraction of sp³-hybridized carbons (Fsp3) is 0.136. The molecule has 5 heteroatoms. The number of halogens is 2. The Hall–Kier alpha value is -3.03. The molecule has 0 spiro atoms. The van der Waals surface area contributed by atoms with Crippen molar-refractivity contribution in [1.29, 1.82) is 0 Å². The van der Waals surface area contributed by atoms with Crippen molar-refractivity contribution in [3.63, 3.8) is 0 Å². The third-order valence-electron chi connectivity index (χ3n) is 4.24. The number of nitrogen functional groups attached to an aromatic ring is 1. The Morgan fingerprint density at radius 3 is 2.74 bits per heavy atom. The average molecular weight is 381 g/mol. The van der Waals surface area contributed by atoms with Crippen molar-refractivity contribution >= 4 is 17.3 Å². The zero-order valence-corrected chi connectivity index (χ0v) is 15.6. The van der Waals surface area contributed by atoms with E-state index in [-0.39, 0.29) is 12.4 Å². The number of nitrogens with two attached hydrogens (primary N) is 1. The number of ether oxygens (including phenoxy) is 1. The summed E-state index contributed by atoms with van der Waals surface area (Å²) in [6, 6.07) is 11.7. The molecule has 2 aromatic carbocycles. The van der Waals surface area contributed by atoms with E-state index in [0.29, 0.717) is 22.9 Å². The second-order valence-corrected chi connectivity index (χ2v) is 6.51. The summed E-state index contributed by atoms with van der Waals surface area (Å²) in [5, 5.41) is 0.346. The van der Waals surface area contributed by atoms with E-state index in [1.165, 1.54) is 12.1 Å². The Balaban J connectivity index is 1.99. The third kappa shape index (κ3) is 4.21. The number of anilines is 1. The van der Waals surface area contributed by atoms with Gasteiger partial charge < -0.3 is 10.5 Å². The van der Waals surface area contributed by atoms with Crippen molar-refractivity contribution < 1.29 is 9.13 Å². The van der Waals surface area contributed by atoms with Gasteiger partial charge in [0.2, 0.25) is 0 Å². The predicted molar refractivity (Wildman–Crippen MR) is 107 cm³/mol. The normalized spacial score (nSPS) is 10.4. The highest BCUT2D eigenvalue weighted by atomic mass is 35.5. The van der Waals surface area contributed by atoms with Crippen LogP contribution in [0.5, 0.6) is 5.75 Å². The summed E-state index contributed by atoms with van der Waals surface area (Å²) in [5.41, 5.74) is 11.1. The Bertz CT molecular complexity index is 1030. The second kappa shape index (κ2) is 8.11. The molecular formula is C22H18ClFN2O. The molecule has 0 aliphatic carbocycles. The molecule has 1 aromatic heterocycles. The van der Waals surface area contributed by atoms with Gasteiger partial charge in [-0.1, -0.05) is 23.6 Å². The maximum Gasteiger partial charge on any atom is 0.148 e. The van der Waals surface area contributed by atoms with Crippen LogP contribution in [0.15, 0.2) is 48.7 Å². The van der Waals surface area contributed by atoms with Crippen LogP contribution in [0.1, 0.15) is 16.8 Å². The van der Waals surface area contributed by atoms with Gasteiger partial charge in [-0.2, -0.15) is 0 Å². The molecule has 3 aromatic rings. The Labute approximate surface area is 163 Å². The lowest BCUT2D eigenvalue weighted by molar-refractivity contribution is 0.370. The maximum atomic E-state index is 13.4. The maximum absolute atomic E-state index is 13.4. The van der Waals surface area contributed by atoms with Crippen molar-refractivity contribution in [2.24, 2.45) is 0 Å². The highest BCUT2D eigenvalue weighted by Gasteiger charge is 2.15. The first kappa shape index (κ1) is 18.8. The van der Waals surface area contributed by atoms with Gasteiger partial charge in [-0.3, -0.25) is 4.98 Å². The summed E-state index contributed by atoms with van der Waals surface area (Å²) in [6.07, 6.45) is 7.45. The standard InChI is InChI=1S/C22H18ClFN2O/c1-3-10-27-17-6-4-15(20(25)13-17)11-21-22(14(2)8-9-26-21)18-7-5-16(24)12-19(18)23/h1,4-9,12-13H,10-11,25H2,2H3. The SMILES string of the molecule is C#CCOc1ccc(Cc2nccc(C)c2-c2ccc(F)cc2Cl)c(N)c1. The summed E-state index contributed by atoms with van der Waals surface area (Å²) < 4.78 is 18.8. The van der Waals surface area contributed by atoms with E-state index in [1.807, 2.05) is 25.1 Å². The van der Waals surface area contributed by atoms with Gasteiger partial charge in [-0.05, 0) is 48.4 Å². The topological polar surface area (TPSA) is 48.1 Å².